The minimum absolute atomic E-state index is 0.117. The molecule has 0 spiro atoms. The van der Waals surface area contributed by atoms with Crippen molar-refractivity contribution in [2.24, 2.45) is 12.5 Å². The van der Waals surface area contributed by atoms with Gasteiger partial charge in [-0.3, -0.25) is 9.48 Å². The molecule has 4 rings (SSSR count). The van der Waals surface area contributed by atoms with Crippen molar-refractivity contribution in [3.63, 3.8) is 0 Å². The molecule has 2 aliphatic carbocycles. The van der Waals surface area contributed by atoms with Crippen LogP contribution in [0.4, 0.5) is 4.39 Å². The second kappa shape index (κ2) is 5.91. The monoisotopic (exact) mass is 369 g/mol. The van der Waals surface area contributed by atoms with E-state index in [1.54, 1.807) is 12.1 Å². The number of amides is 1. The van der Waals surface area contributed by atoms with Gasteiger partial charge in [-0.2, -0.15) is 5.10 Å². The number of hydrogen-bond donors (Lipinski definition) is 0. The number of aryl methyl sites for hydroxylation is 2. The zero-order valence-corrected chi connectivity index (χ0v) is 16.8. The summed E-state index contributed by atoms with van der Waals surface area (Å²) < 4.78 is 15.3. The Labute approximate surface area is 160 Å². The summed E-state index contributed by atoms with van der Waals surface area (Å²) in [7, 11) is 1.94. The molecule has 0 aliphatic heterocycles. The highest BCUT2D eigenvalue weighted by Gasteiger charge is 2.68. The Balaban J connectivity index is 1.70. The zero-order chi connectivity index (χ0) is 19.6. The van der Waals surface area contributed by atoms with Gasteiger partial charge in [0.05, 0.1) is 11.1 Å². The summed E-state index contributed by atoms with van der Waals surface area (Å²) in [6.45, 7) is 8.95. The van der Waals surface area contributed by atoms with E-state index in [0.717, 1.165) is 41.8 Å². The highest BCUT2D eigenvalue weighted by molar-refractivity contribution is 5.93. The van der Waals surface area contributed by atoms with Crippen LogP contribution in [-0.2, 0) is 23.8 Å². The van der Waals surface area contributed by atoms with E-state index >= 15 is 0 Å². The maximum atomic E-state index is 13.8. The van der Waals surface area contributed by atoms with Gasteiger partial charge in [0.1, 0.15) is 5.82 Å². The van der Waals surface area contributed by atoms with Crippen LogP contribution in [0.3, 0.4) is 0 Å². The third-order valence-corrected chi connectivity index (χ3v) is 6.68. The Morgan fingerprint density at radius 3 is 2.30 bits per heavy atom. The summed E-state index contributed by atoms with van der Waals surface area (Å²) in [5.41, 5.74) is 3.51. The van der Waals surface area contributed by atoms with Gasteiger partial charge in [0.15, 0.2) is 0 Å². The van der Waals surface area contributed by atoms with Gasteiger partial charge in [0.25, 0.3) is 0 Å². The molecule has 4 nitrogen and oxygen atoms in total. The number of hydrogen-bond acceptors (Lipinski definition) is 2. The molecule has 1 aromatic carbocycles. The third kappa shape index (κ3) is 2.79. The number of carbonyl (C=O) groups is 1. The maximum absolute atomic E-state index is 13.8. The molecule has 1 aromatic heterocycles. The molecule has 0 radical (unpaired) electrons. The molecule has 1 heterocycles. The van der Waals surface area contributed by atoms with E-state index in [2.05, 4.69) is 30.8 Å². The molecule has 0 N–H and O–H groups in total. The first kappa shape index (κ1) is 18.2. The summed E-state index contributed by atoms with van der Waals surface area (Å²) in [6, 6.07) is 6.82. The van der Waals surface area contributed by atoms with Crippen molar-refractivity contribution in [3.8, 4) is 0 Å². The molecule has 2 aromatic rings. The maximum Gasteiger partial charge on any atom is 0.234 e. The summed E-state index contributed by atoms with van der Waals surface area (Å²) in [5, 5.41) is 4.51. The average Bonchev–Trinajstić information content (AvgIpc) is 3.50. The molecule has 27 heavy (non-hydrogen) atoms. The Morgan fingerprint density at radius 2 is 1.85 bits per heavy atom. The number of rotatable bonds is 5. The molecular weight excluding hydrogens is 341 g/mol. The highest BCUT2D eigenvalue weighted by atomic mass is 19.1. The molecule has 0 bridgehead atoms. The van der Waals surface area contributed by atoms with Crippen LogP contribution >= 0.6 is 0 Å². The first-order chi connectivity index (χ1) is 12.7. The quantitative estimate of drug-likeness (QED) is 0.798. The lowest BCUT2D eigenvalue weighted by molar-refractivity contribution is -0.136. The molecule has 1 amide bonds. The minimum Gasteiger partial charge on any atom is -0.334 e. The van der Waals surface area contributed by atoms with Crippen LogP contribution in [0, 0.1) is 25.1 Å². The number of benzene rings is 1. The Morgan fingerprint density at radius 1 is 1.26 bits per heavy atom. The van der Waals surface area contributed by atoms with E-state index < -0.39 is 5.41 Å². The van der Waals surface area contributed by atoms with Crippen LogP contribution in [0.15, 0.2) is 24.3 Å². The van der Waals surface area contributed by atoms with E-state index in [1.165, 1.54) is 12.1 Å². The van der Waals surface area contributed by atoms with Crippen LogP contribution in [0.25, 0.3) is 0 Å². The van der Waals surface area contributed by atoms with Crippen LogP contribution in [0.5, 0.6) is 0 Å². The lowest BCUT2D eigenvalue weighted by Crippen LogP contribution is -2.42. The zero-order valence-electron chi connectivity index (χ0n) is 16.8. The lowest BCUT2D eigenvalue weighted by Gasteiger charge is -2.30. The van der Waals surface area contributed by atoms with Gasteiger partial charge >= 0.3 is 0 Å². The van der Waals surface area contributed by atoms with Gasteiger partial charge in [0.2, 0.25) is 5.91 Å². The third-order valence-electron chi connectivity index (χ3n) is 6.68. The van der Waals surface area contributed by atoms with Crippen LogP contribution in [-0.4, -0.2) is 26.6 Å². The fourth-order valence-corrected chi connectivity index (χ4v) is 4.55. The first-order valence-corrected chi connectivity index (χ1v) is 9.73. The van der Waals surface area contributed by atoms with Gasteiger partial charge in [-0.05, 0) is 56.2 Å². The Kier molecular flexibility index (Phi) is 3.99. The van der Waals surface area contributed by atoms with Crippen molar-refractivity contribution in [2.45, 2.75) is 65.0 Å². The molecule has 1 unspecified atom stereocenters. The second-order valence-corrected chi connectivity index (χ2v) is 8.91. The van der Waals surface area contributed by atoms with E-state index in [-0.39, 0.29) is 17.1 Å². The normalized spacial score (nSPS) is 23.3. The number of carbonyl (C=O) groups excluding carboxylic acids is 1. The first-order valence-electron chi connectivity index (χ1n) is 9.73. The summed E-state index contributed by atoms with van der Waals surface area (Å²) in [5.74, 6) is -0.0790. The number of nitrogens with zero attached hydrogens (tertiary/aromatic N) is 3. The van der Waals surface area contributed by atoms with E-state index in [9.17, 15) is 9.18 Å². The van der Waals surface area contributed by atoms with Gasteiger partial charge in [0, 0.05) is 30.9 Å². The second-order valence-electron chi connectivity index (χ2n) is 8.91. The van der Waals surface area contributed by atoms with E-state index in [4.69, 9.17) is 0 Å². The molecule has 0 saturated heterocycles. The van der Waals surface area contributed by atoms with Crippen molar-refractivity contribution in [2.75, 3.05) is 0 Å². The van der Waals surface area contributed by atoms with E-state index in [0.29, 0.717) is 12.6 Å². The molecule has 144 valence electrons. The van der Waals surface area contributed by atoms with E-state index in [1.807, 2.05) is 18.7 Å². The minimum atomic E-state index is -0.548. The molecule has 2 fully saturated rings. The predicted molar refractivity (Wildman–Crippen MR) is 103 cm³/mol. The summed E-state index contributed by atoms with van der Waals surface area (Å²) in [4.78, 5) is 15.9. The van der Waals surface area contributed by atoms with Gasteiger partial charge < -0.3 is 4.90 Å². The SMILES string of the molecule is Cc1nn(C)c(C)c1CN(C(=O)C1(c2ccc(F)cc2)CC1(C)C)C1CC1. The summed E-state index contributed by atoms with van der Waals surface area (Å²) in [6.07, 6.45) is 2.92. The van der Waals surface area contributed by atoms with Crippen molar-refractivity contribution in [1.82, 2.24) is 14.7 Å². The Bertz CT molecular complexity index is 895. The largest absolute Gasteiger partial charge is 0.334 e. The van der Waals surface area contributed by atoms with Crippen molar-refractivity contribution in [1.29, 1.82) is 0 Å². The average molecular weight is 369 g/mol. The molecule has 2 aliphatic rings. The molecule has 5 heteroatoms. The molecule has 1 atom stereocenters. The Hall–Kier alpha value is -2.17. The van der Waals surface area contributed by atoms with Crippen molar-refractivity contribution >= 4 is 5.91 Å². The number of halogens is 1. The van der Waals surface area contributed by atoms with Gasteiger partial charge in [-0.1, -0.05) is 26.0 Å². The fraction of sp³-hybridized carbons (Fsp3) is 0.545. The van der Waals surface area contributed by atoms with Gasteiger partial charge in [-0.15, -0.1) is 0 Å². The van der Waals surface area contributed by atoms with Gasteiger partial charge in [-0.25, -0.2) is 4.39 Å². The topological polar surface area (TPSA) is 38.1 Å². The fourth-order valence-electron chi connectivity index (χ4n) is 4.55. The molecular formula is C22H28FN3O. The van der Waals surface area contributed by atoms with Crippen LogP contribution in [0.2, 0.25) is 0 Å². The smallest absolute Gasteiger partial charge is 0.234 e. The van der Waals surface area contributed by atoms with Crippen molar-refractivity contribution < 1.29 is 9.18 Å². The predicted octanol–water partition coefficient (Wildman–Crippen LogP) is 4.03. The lowest BCUT2D eigenvalue weighted by atomic mass is 9.86. The molecule has 2 saturated carbocycles. The summed E-state index contributed by atoms with van der Waals surface area (Å²) >= 11 is 0. The highest BCUT2D eigenvalue weighted by Crippen LogP contribution is 2.65. The van der Waals surface area contributed by atoms with Crippen molar-refractivity contribution in [3.05, 3.63) is 52.6 Å². The standard InChI is InChI=1S/C22H28FN3O/c1-14-19(15(2)25(5)24-14)12-26(18-10-11-18)20(27)22(13-21(22,3)4)16-6-8-17(23)9-7-16/h6-9,18H,10-13H2,1-5H3. The number of aromatic nitrogens is 2. The van der Waals surface area contributed by atoms with Crippen LogP contribution < -0.4 is 0 Å². The van der Waals surface area contributed by atoms with Crippen LogP contribution in [0.1, 0.15) is 55.6 Å².